The van der Waals surface area contributed by atoms with Crippen molar-refractivity contribution in [2.75, 3.05) is 42.7 Å². The van der Waals surface area contributed by atoms with Gasteiger partial charge in [-0.3, -0.25) is 0 Å². The topological polar surface area (TPSA) is 71.2 Å². The number of anilines is 3. The Labute approximate surface area is 95.5 Å². The van der Waals surface area contributed by atoms with Crippen LogP contribution in [0.5, 0.6) is 0 Å². The van der Waals surface area contributed by atoms with Gasteiger partial charge in [0.2, 0.25) is 17.8 Å². The number of piperidine rings is 1. The largest absolute Gasteiger partial charge is 0.368 e. The van der Waals surface area contributed by atoms with Crippen molar-refractivity contribution in [3.8, 4) is 0 Å². The Kier molecular flexibility index (Phi) is 3.07. The highest BCUT2D eigenvalue weighted by Crippen LogP contribution is 2.18. The molecule has 2 N–H and O–H groups in total. The predicted molar refractivity (Wildman–Crippen MR) is 64.6 cm³/mol. The van der Waals surface area contributed by atoms with E-state index in [4.69, 9.17) is 5.73 Å². The molecule has 1 aromatic heterocycles. The average Bonchev–Trinajstić information content (AvgIpc) is 2.29. The molecule has 88 valence electrons. The summed E-state index contributed by atoms with van der Waals surface area (Å²) in [4.78, 5) is 16.7. The van der Waals surface area contributed by atoms with Crippen LogP contribution in [0, 0.1) is 0 Å². The molecule has 6 nitrogen and oxygen atoms in total. The van der Waals surface area contributed by atoms with Crippen LogP contribution in [0.15, 0.2) is 0 Å². The van der Waals surface area contributed by atoms with Crippen LogP contribution in [0.3, 0.4) is 0 Å². The number of hydrogen-bond acceptors (Lipinski definition) is 6. The van der Waals surface area contributed by atoms with E-state index in [0.717, 1.165) is 13.1 Å². The van der Waals surface area contributed by atoms with Crippen molar-refractivity contribution < 1.29 is 0 Å². The number of aromatic nitrogens is 3. The monoisotopic (exact) mass is 222 g/mol. The molecule has 2 rings (SSSR count). The number of nitrogen functional groups attached to an aromatic ring is 1. The molecule has 0 bridgehead atoms. The molecule has 0 unspecified atom stereocenters. The highest BCUT2D eigenvalue weighted by Gasteiger charge is 2.15. The van der Waals surface area contributed by atoms with E-state index in [9.17, 15) is 0 Å². The first-order valence-corrected chi connectivity index (χ1v) is 5.60. The Morgan fingerprint density at radius 2 is 1.75 bits per heavy atom. The molecule has 0 saturated carbocycles. The normalized spacial score (nSPS) is 16.2. The maximum Gasteiger partial charge on any atom is 0.231 e. The van der Waals surface area contributed by atoms with Gasteiger partial charge in [0.15, 0.2) is 0 Å². The zero-order chi connectivity index (χ0) is 11.5. The van der Waals surface area contributed by atoms with Crippen LogP contribution in [0.2, 0.25) is 0 Å². The van der Waals surface area contributed by atoms with E-state index in [1.807, 2.05) is 19.0 Å². The van der Waals surface area contributed by atoms with Crippen molar-refractivity contribution in [2.24, 2.45) is 0 Å². The van der Waals surface area contributed by atoms with Gasteiger partial charge in [-0.05, 0) is 19.3 Å². The molecule has 16 heavy (non-hydrogen) atoms. The minimum Gasteiger partial charge on any atom is -0.368 e. The van der Waals surface area contributed by atoms with E-state index in [1.54, 1.807) is 0 Å². The Balaban J connectivity index is 2.25. The molecule has 6 heteroatoms. The van der Waals surface area contributed by atoms with Crippen LogP contribution < -0.4 is 15.5 Å². The van der Waals surface area contributed by atoms with Crippen molar-refractivity contribution in [3.63, 3.8) is 0 Å². The quantitative estimate of drug-likeness (QED) is 0.786. The molecule has 1 aliphatic heterocycles. The molecular weight excluding hydrogens is 204 g/mol. The fourth-order valence-electron chi connectivity index (χ4n) is 1.80. The molecule has 1 aromatic rings. The summed E-state index contributed by atoms with van der Waals surface area (Å²) in [5.74, 6) is 1.61. The van der Waals surface area contributed by atoms with Crippen LogP contribution in [0.25, 0.3) is 0 Å². The first kappa shape index (κ1) is 10.9. The number of hydrogen-bond donors (Lipinski definition) is 1. The molecule has 0 amide bonds. The zero-order valence-electron chi connectivity index (χ0n) is 9.85. The minimum atomic E-state index is 0.291. The number of nitrogens with two attached hydrogens (primary N) is 1. The predicted octanol–water partition coefficient (Wildman–Crippen LogP) is 0.510. The highest BCUT2D eigenvalue weighted by atomic mass is 15.3. The van der Waals surface area contributed by atoms with Crippen LogP contribution in [0.4, 0.5) is 17.8 Å². The molecule has 1 aliphatic rings. The maximum atomic E-state index is 5.69. The Morgan fingerprint density at radius 3 is 2.38 bits per heavy atom. The Morgan fingerprint density at radius 1 is 1.06 bits per heavy atom. The molecular formula is C10H18N6. The molecule has 0 atom stereocenters. The third kappa shape index (κ3) is 2.32. The summed E-state index contributed by atoms with van der Waals surface area (Å²) >= 11 is 0. The summed E-state index contributed by atoms with van der Waals surface area (Å²) < 4.78 is 0. The molecule has 0 radical (unpaired) electrons. The minimum absolute atomic E-state index is 0.291. The van der Waals surface area contributed by atoms with Gasteiger partial charge < -0.3 is 15.5 Å². The fourth-order valence-corrected chi connectivity index (χ4v) is 1.80. The summed E-state index contributed by atoms with van der Waals surface area (Å²) in [5, 5.41) is 0. The number of nitrogens with zero attached hydrogens (tertiary/aromatic N) is 5. The second-order valence-electron chi connectivity index (χ2n) is 4.24. The molecule has 1 saturated heterocycles. The fraction of sp³-hybridized carbons (Fsp3) is 0.700. The van der Waals surface area contributed by atoms with Crippen molar-refractivity contribution in [3.05, 3.63) is 0 Å². The lowest BCUT2D eigenvalue weighted by molar-refractivity contribution is 0.567. The summed E-state index contributed by atoms with van der Waals surface area (Å²) in [7, 11) is 3.80. The number of rotatable bonds is 2. The van der Waals surface area contributed by atoms with Gasteiger partial charge in [0.1, 0.15) is 0 Å². The van der Waals surface area contributed by atoms with E-state index >= 15 is 0 Å². The van der Waals surface area contributed by atoms with Crippen molar-refractivity contribution in [1.82, 2.24) is 15.0 Å². The van der Waals surface area contributed by atoms with E-state index in [1.165, 1.54) is 19.3 Å². The van der Waals surface area contributed by atoms with Crippen LogP contribution in [-0.2, 0) is 0 Å². The molecule has 1 fully saturated rings. The van der Waals surface area contributed by atoms with Gasteiger partial charge in [-0.1, -0.05) is 0 Å². The molecule has 0 aliphatic carbocycles. The lowest BCUT2D eigenvalue weighted by atomic mass is 10.1. The first-order valence-electron chi connectivity index (χ1n) is 5.60. The molecule has 2 heterocycles. The smallest absolute Gasteiger partial charge is 0.231 e. The van der Waals surface area contributed by atoms with Gasteiger partial charge >= 0.3 is 0 Å². The molecule has 0 spiro atoms. The van der Waals surface area contributed by atoms with Gasteiger partial charge in [-0.25, -0.2) is 0 Å². The van der Waals surface area contributed by atoms with Gasteiger partial charge in [-0.15, -0.1) is 0 Å². The summed E-state index contributed by atoms with van der Waals surface area (Å²) in [6.07, 6.45) is 3.68. The third-order valence-electron chi connectivity index (χ3n) is 2.67. The van der Waals surface area contributed by atoms with Gasteiger partial charge in [0, 0.05) is 27.2 Å². The van der Waals surface area contributed by atoms with Gasteiger partial charge in [0.05, 0.1) is 0 Å². The first-order chi connectivity index (χ1) is 7.66. The van der Waals surface area contributed by atoms with Crippen LogP contribution >= 0.6 is 0 Å². The summed E-state index contributed by atoms with van der Waals surface area (Å²) in [6.45, 7) is 2.02. The van der Waals surface area contributed by atoms with E-state index in [2.05, 4.69) is 19.9 Å². The van der Waals surface area contributed by atoms with Crippen molar-refractivity contribution >= 4 is 17.8 Å². The second kappa shape index (κ2) is 4.51. The Bertz CT molecular complexity index is 358. The Hall–Kier alpha value is -1.59. The van der Waals surface area contributed by atoms with E-state index < -0.39 is 0 Å². The van der Waals surface area contributed by atoms with Crippen molar-refractivity contribution in [1.29, 1.82) is 0 Å². The zero-order valence-corrected chi connectivity index (χ0v) is 9.85. The van der Waals surface area contributed by atoms with Gasteiger partial charge in [-0.2, -0.15) is 15.0 Å². The van der Waals surface area contributed by atoms with E-state index in [-0.39, 0.29) is 0 Å². The van der Waals surface area contributed by atoms with E-state index in [0.29, 0.717) is 17.8 Å². The summed E-state index contributed by atoms with van der Waals surface area (Å²) in [5.41, 5.74) is 5.69. The lowest BCUT2D eigenvalue weighted by Gasteiger charge is -2.27. The maximum absolute atomic E-state index is 5.69. The average molecular weight is 222 g/mol. The molecule has 0 aromatic carbocycles. The SMILES string of the molecule is CN(C)c1nc(N)nc(N2CCCCC2)n1. The van der Waals surface area contributed by atoms with Gasteiger partial charge in [0.25, 0.3) is 0 Å². The highest BCUT2D eigenvalue weighted by molar-refractivity contribution is 5.42. The summed E-state index contributed by atoms with van der Waals surface area (Å²) in [6, 6.07) is 0. The van der Waals surface area contributed by atoms with Crippen LogP contribution in [-0.4, -0.2) is 42.1 Å². The van der Waals surface area contributed by atoms with Crippen LogP contribution in [0.1, 0.15) is 19.3 Å². The van der Waals surface area contributed by atoms with Crippen molar-refractivity contribution in [2.45, 2.75) is 19.3 Å². The standard InChI is InChI=1S/C10H18N6/c1-15(2)9-12-8(11)13-10(14-9)16-6-4-3-5-7-16/h3-7H2,1-2H3,(H2,11,12,13,14). The third-order valence-corrected chi connectivity index (χ3v) is 2.67. The second-order valence-corrected chi connectivity index (χ2v) is 4.24. The lowest BCUT2D eigenvalue weighted by Crippen LogP contribution is -2.32.